The minimum absolute atomic E-state index is 0.0249. The van der Waals surface area contributed by atoms with Crippen molar-refractivity contribution in [1.29, 1.82) is 0 Å². The van der Waals surface area contributed by atoms with Crippen LogP contribution in [0, 0.1) is 0 Å². The van der Waals surface area contributed by atoms with Gasteiger partial charge in [-0.1, -0.05) is 91.5 Å². The van der Waals surface area contributed by atoms with E-state index in [9.17, 15) is 9.59 Å². The average molecular weight is 535 g/mol. The van der Waals surface area contributed by atoms with Crippen LogP contribution in [0.2, 0.25) is 5.02 Å². The monoisotopic (exact) mass is 534 g/mol. The number of amides is 2. The van der Waals surface area contributed by atoms with Crippen LogP contribution in [-0.2, 0) is 22.6 Å². The number of thioether (sulfide) groups is 1. The Balaban J connectivity index is 1.56. The summed E-state index contributed by atoms with van der Waals surface area (Å²) in [6.07, 6.45) is 6.31. The van der Waals surface area contributed by atoms with Crippen LogP contribution in [0.25, 0.3) is 0 Å². The Morgan fingerprint density at radius 2 is 1.57 bits per heavy atom. The van der Waals surface area contributed by atoms with Crippen LogP contribution in [0.5, 0.6) is 0 Å². The first kappa shape index (κ1) is 27.3. The summed E-state index contributed by atoms with van der Waals surface area (Å²) < 4.78 is 0. The molecular formula is C31H35ClN2O2S. The minimum Gasteiger partial charge on any atom is -0.352 e. The van der Waals surface area contributed by atoms with Crippen LogP contribution in [-0.4, -0.2) is 34.6 Å². The highest BCUT2D eigenvalue weighted by Gasteiger charge is 2.31. The highest BCUT2D eigenvalue weighted by atomic mass is 35.5. The number of carbonyl (C=O) groups is 2. The van der Waals surface area contributed by atoms with Crippen molar-refractivity contribution in [3.05, 3.63) is 101 Å². The SMILES string of the molecule is O=C(NC1CCCCC1)C(Cc1ccccc1)N(Cc1cccc(Cl)c1)C(=O)CCSc1ccccc1. The summed E-state index contributed by atoms with van der Waals surface area (Å²) in [7, 11) is 0. The van der Waals surface area contributed by atoms with E-state index in [4.69, 9.17) is 11.6 Å². The molecule has 1 saturated carbocycles. The lowest BCUT2D eigenvalue weighted by atomic mass is 9.94. The lowest BCUT2D eigenvalue weighted by molar-refractivity contribution is -0.141. The second-order valence-corrected chi connectivity index (χ2v) is 11.2. The van der Waals surface area contributed by atoms with E-state index in [1.807, 2.05) is 72.8 Å². The van der Waals surface area contributed by atoms with E-state index in [1.165, 1.54) is 6.42 Å². The van der Waals surface area contributed by atoms with Gasteiger partial charge in [0.25, 0.3) is 0 Å². The van der Waals surface area contributed by atoms with Gasteiger partial charge in [0.05, 0.1) is 0 Å². The number of nitrogens with zero attached hydrogens (tertiary/aromatic N) is 1. The molecule has 1 fully saturated rings. The van der Waals surface area contributed by atoms with Crippen molar-refractivity contribution in [1.82, 2.24) is 10.2 Å². The Bertz CT molecular complexity index is 1140. The summed E-state index contributed by atoms with van der Waals surface area (Å²) in [4.78, 5) is 30.4. The Hall–Kier alpha value is -2.76. The molecule has 0 radical (unpaired) electrons. The van der Waals surface area contributed by atoms with Crippen molar-refractivity contribution in [2.75, 3.05) is 5.75 Å². The fraction of sp³-hybridized carbons (Fsp3) is 0.355. The van der Waals surface area contributed by atoms with Gasteiger partial charge in [-0.05, 0) is 48.2 Å². The number of hydrogen-bond donors (Lipinski definition) is 1. The first-order chi connectivity index (χ1) is 18.1. The van der Waals surface area contributed by atoms with Gasteiger partial charge in [-0.15, -0.1) is 11.8 Å². The maximum absolute atomic E-state index is 13.8. The maximum Gasteiger partial charge on any atom is 0.243 e. The van der Waals surface area contributed by atoms with Gasteiger partial charge < -0.3 is 10.2 Å². The first-order valence-electron chi connectivity index (χ1n) is 13.1. The predicted molar refractivity (Wildman–Crippen MR) is 153 cm³/mol. The zero-order valence-corrected chi connectivity index (χ0v) is 22.7. The van der Waals surface area contributed by atoms with Crippen molar-refractivity contribution in [2.24, 2.45) is 0 Å². The Morgan fingerprint density at radius 1 is 0.892 bits per heavy atom. The molecule has 0 aliphatic heterocycles. The topological polar surface area (TPSA) is 49.4 Å². The fourth-order valence-corrected chi connectivity index (χ4v) is 5.92. The maximum atomic E-state index is 13.8. The van der Waals surface area contributed by atoms with E-state index in [0.717, 1.165) is 41.7 Å². The van der Waals surface area contributed by atoms with Crippen LogP contribution in [0.15, 0.2) is 89.8 Å². The molecule has 1 atom stereocenters. The molecule has 1 aliphatic rings. The molecule has 0 bridgehead atoms. The molecule has 37 heavy (non-hydrogen) atoms. The number of carbonyl (C=O) groups excluding carboxylic acids is 2. The van der Waals surface area contributed by atoms with Gasteiger partial charge >= 0.3 is 0 Å². The number of rotatable bonds is 11. The van der Waals surface area contributed by atoms with E-state index in [0.29, 0.717) is 30.2 Å². The summed E-state index contributed by atoms with van der Waals surface area (Å²) in [5.41, 5.74) is 1.95. The molecule has 0 saturated heterocycles. The van der Waals surface area contributed by atoms with E-state index in [2.05, 4.69) is 17.4 Å². The summed E-state index contributed by atoms with van der Waals surface area (Å²) in [6, 6.07) is 27.2. The van der Waals surface area contributed by atoms with Crippen molar-refractivity contribution in [2.45, 2.75) is 68.5 Å². The number of nitrogens with one attached hydrogen (secondary N) is 1. The molecule has 0 heterocycles. The molecule has 2 amide bonds. The Morgan fingerprint density at radius 3 is 2.27 bits per heavy atom. The summed E-state index contributed by atoms with van der Waals surface area (Å²) in [6.45, 7) is 0.338. The molecule has 1 aliphatic carbocycles. The highest BCUT2D eigenvalue weighted by Crippen LogP contribution is 2.23. The first-order valence-corrected chi connectivity index (χ1v) is 14.5. The molecule has 1 unspecified atom stereocenters. The third kappa shape index (κ3) is 8.65. The normalized spacial score (nSPS) is 14.6. The molecule has 0 spiro atoms. The zero-order valence-electron chi connectivity index (χ0n) is 21.2. The van der Waals surface area contributed by atoms with Crippen molar-refractivity contribution in [3.63, 3.8) is 0 Å². The van der Waals surface area contributed by atoms with Crippen molar-refractivity contribution < 1.29 is 9.59 Å². The summed E-state index contributed by atoms with van der Waals surface area (Å²) in [5, 5.41) is 3.91. The Kier molecular flexibility index (Phi) is 10.5. The number of halogens is 1. The highest BCUT2D eigenvalue weighted by molar-refractivity contribution is 7.99. The van der Waals surface area contributed by atoms with Gasteiger partial charge in [0.15, 0.2) is 0 Å². The molecule has 3 aromatic rings. The van der Waals surface area contributed by atoms with E-state index >= 15 is 0 Å². The molecule has 6 heteroatoms. The summed E-state index contributed by atoms with van der Waals surface area (Å²) >= 11 is 7.93. The predicted octanol–water partition coefficient (Wildman–Crippen LogP) is 6.91. The van der Waals surface area contributed by atoms with Crippen LogP contribution < -0.4 is 5.32 Å². The van der Waals surface area contributed by atoms with E-state index in [1.54, 1.807) is 16.7 Å². The van der Waals surface area contributed by atoms with Gasteiger partial charge in [-0.3, -0.25) is 9.59 Å². The second kappa shape index (κ2) is 14.3. The van der Waals surface area contributed by atoms with Crippen LogP contribution >= 0.6 is 23.4 Å². The molecule has 1 N–H and O–H groups in total. The van der Waals surface area contributed by atoms with Crippen molar-refractivity contribution >= 4 is 35.2 Å². The molecular weight excluding hydrogens is 500 g/mol. The second-order valence-electron chi connectivity index (χ2n) is 9.61. The van der Waals surface area contributed by atoms with Gasteiger partial charge in [0.2, 0.25) is 11.8 Å². The van der Waals surface area contributed by atoms with Crippen LogP contribution in [0.1, 0.15) is 49.7 Å². The molecule has 194 valence electrons. The van der Waals surface area contributed by atoms with E-state index < -0.39 is 6.04 Å². The minimum atomic E-state index is -0.600. The average Bonchev–Trinajstić information content (AvgIpc) is 2.92. The fourth-order valence-electron chi connectivity index (χ4n) is 4.85. The van der Waals surface area contributed by atoms with Gasteiger partial charge in [-0.25, -0.2) is 0 Å². The van der Waals surface area contributed by atoms with Crippen LogP contribution in [0.4, 0.5) is 0 Å². The third-order valence-electron chi connectivity index (χ3n) is 6.79. The quantitative estimate of drug-likeness (QED) is 0.272. The molecule has 4 rings (SSSR count). The summed E-state index contributed by atoms with van der Waals surface area (Å²) in [5.74, 6) is 0.557. The zero-order chi connectivity index (χ0) is 25.9. The van der Waals surface area contributed by atoms with Crippen LogP contribution in [0.3, 0.4) is 0 Å². The Labute approximate surface area is 229 Å². The lowest BCUT2D eigenvalue weighted by Crippen LogP contribution is -2.52. The largest absolute Gasteiger partial charge is 0.352 e. The standard InChI is InChI=1S/C31H35ClN2O2S/c32-26-14-10-13-25(21-26)23-34(30(35)19-20-37-28-17-8-3-9-18-28)29(22-24-11-4-1-5-12-24)31(36)33-27-15-6-2-7-16-27/h1,3-5,8-14,17-18,21,27,29H,2,6-7,15-16,19-20,22-23H2,(H,33,36). The molecule has 3 aromatic carbocycles. The van der Waals surface area contributed by atoms with Gasteiger partial charge in [0, 0.05) is 41.1 Å². The smallest absolute Gasteiger partial charge is 0.243 e. The third-order valence-corrected chi connectivity index (χ3v) is 8.04. The van der Waals surface area contributed by atoms with Gasteiger partial charge in [0.1, 0.15) is 6.04 Å². The number of benzene rings is 3. The molecule has 4 nitrogen and oxygen atoms in total. The van der Waals surface area contributed by atoms with Gasteiger partial charge in [-0.2, -0.15) is 0 Å². The lowest BCUT2D eigenvalue weighted by Gasteiger charge is -2.33. The van der Waals surface area contributed by atoms with Crippen molar-refractivity contribution in [3.8, 4) is 0 Å². The molecule has 0 aromatic heterocycles. The van der Waals surface area contributed by atoms with E-state index in [-0.39, 0.29) is 17.9 Å². The number of hydrogen-bond acceptors (Lipinski definition) is 3.